The van der Waals surface area contributed by atoms with Crippen molar-refractivity contribution in [2.75, 3.05) is 23.3 Å². The smallest absolute Gasteiger partial charge is 0.258 e. The molecule has 0 bridgehead atoms. The molecule has 0 radical (unpaired) electrons. The van der Waals surface area contributed by atoms with Crippen LogP contribution in [0.1, 0.15) is 5.56 Å². The van der Waals surface area contributed by atoms with Crippen LogP contribution in [0.2, 0.25) is 0 Å². The lowest BCUT2D eigenvalue weighted by atomic mass is 10.2. The molecule has 0 atom stereocenters. The van der Waals surface area contributed by atoms with E-state index in [2.05, 4.69) is 5.32 Å². The van der Waals surface area contributed by atoms with E-state index in [9.17, 15) is 22.0 Å². The van der Waals surface area contributed by atoms with E-state index >= 15 is 0 Å². The summed E-state index contributed by atoms with van der Waals surface area (Å²) < 4.78 is 59.3. The number of anilines is 2. The van der Waals surface area contributed by atoms with Crippen molar-refractivity contribution in [1.29, 1.82) is 0 Å². The molecule has 0 aliphatic carbocycles. The van der Waals surface area contributed by atoms with Gasteiger partial charge in [-0.1, -0.05) is 42.5 Å². The Morgan fingerprint density at radius 1 is 1.00 bits per heavy atom. The number of para-hydroxylation sites is 2. The van der Waals surface area contributed by atoms with Crippen LogP contribution in [0.4, 0.5) is 20.2 Å². The van der Waals surface area contributed by atoms with Gasteiger partial charge in [0.1, 0.15) is 23.9 Å². The minimum absolute atomic E-state index is 0.133. The van der Waals surface area contributed by atoms with Crippen LogP contribution in [0.25, 0.3) is 6.08 Å². The molecule has 0 fully saturated rings. The van der Waals surface area contributed by atoms with Gasteiger partial charge in [0, 0.05) is 11.8 Å². The van der Waals surface area contributed by atoms with Crippen molar-refractivity contribution in [3.63, 3.8) is 0 Å². The number of sulfonamides is 1. The van der Waals surface area contributed by atoms with Gasteiger partial charge in [-0.15, -0.1) is 0 Å². The second-order valence-electron chi connectivity index (χ2n) is 6.64. The van der Waals surface area contributed by atoms with Crippen LogP contribution in [-0.2, 0) is 14.8 Å². The standard InChI is InChI=1S/C23H20F2N2O4S/c1-31-22-10-6-5-9-21(22)27(32(29,30)12-11-17-7-3-2-4-8-17)16-23(28)26-20-14-18(24)13-19(25)15-20/h2-15H,16H2,1H3,(H,26,28). The molecule has 0 saturated carbocycles. The number of nitrogens with one attached hydrogen (secondary N) is 1. The average molecular weight is 458 g/mol. The molecule has 3 rings (SSSR count). The number of halogens is 2. The van der Waals surface area contributed by atoms with Gasteiger partial charge < -0.3 is 10.1 Å². The molecule has 9 heteroatoms. The van der Waals surface area contributed by atoms with Gasteiger partial charge in [0.15, 0.2) is 0 Å². The Morgan fingerprint density at radius 2 is 1.62 bits per heavy atom. The number of hydrogen-bond acceptors (Lipinski definition) is 4. The second kappa shape index (κ2) is 10.1. The van der Waals surface area contributed by atoms with Crippen LogP contribution in [-0.4, -0.2) is 28.0 Å². The molecule has 1 N–H and O–H groups in total. The minimum atomic E-state index is -4.15. The van der Waals surface area contributed by atoms with Crippen molar-refractivity contribution in [2.45, 2.75) is 0 Å². The fraction of sp³-hybridized carbons (Fsp3) is 0.0870. The minimum Gasteiger partial charge on any atom is -0.495 e. The Labute approximate surface area is 184 Å². The van der Waals surface area contributed by atoms with Crippen molar-refractivity contribution in [3.8, 4) is 5.75 Å². The molecule has 0 aliphatic rings. The van der Waals surface area contributed by atoms with E-state index in [-0.39, 0.29) is 17.1 Å². The Kier molecular flexibility index (Phi) is 7.21. The van der Waals surface area contributed by atoms with Gasteiger partial charge in [-0.2, -0.15) is 0 Å². The number of ether oxygens (including phenoxy) is 1. The van der Waals surface area contributed by atoms with Crippen molar-refractivity contribution in [2.24, 2.45) is 0 Å². The first kappa shape index (κ1) is 23.0. The van der Waals surface area contributed by atoms with Gasteiger partial charge in [-0.3, -0.25) is 9.10 Å². The number of amides is 1. The maximum absolute atomic E-state index is 13.4. The Balaban J connectivity index is 1.93. The maximum Gasteiger partial charge on any atom is 0.258 e. The van der Waals surface area contributed by atoms with Gasteiger partial charge in [0.2, 0.25) is 5.91 Å². The topological polar surface area (TPSA) is 75.7 Å². The first-order valence-electron chi connectivity index (χ1n) is 9.43. The molecule has 3 aromatic carbocycles. The van der Waals surface area contributed by atoms with Gasteiger partial charge in [-0.25, -0.2) is 17.2 Å². The predicted octanol–water partition coefficient (Wildman–Crippen LogP) is 4.42. The molecule has 6 nitrogen and oxygen atoms in total. The van der Waals surface area contributed by atoms with Crippen molar-refractivity contribution in [3.05, 3.63) is 95.4 Å². The summed E-state index contributed by atoms with van der Waals surface area (Å²) in [5, 5.41) is 3.29. The molecule has 0 spiro atoms. The highest BCUT2D eigenvalue weighted by atomic mass is 32.2. The third-order valence-electron chi connectivity index (χ3n) is 4.33. The molecule has 0 saturated heterocycles. The molecular formula is C23H20F2N2O4S. The maximum atomic E-state index is 13.4. The van der Waals surface area contributed by atoms with Gasteiger partial charge >= 0.3 is 0 Å². The molecular weight excluding hydrogens is 438 g/mol. The van der Waals surface area contributed by atoms with E-state index in [0.717, 1.165) is 21.8 Å². The second-order valence-corrected chi connectivity index (χ2v) is 8.39. The third kappa shape index (κ3) is 5.92. The third-order valence-corrected chi connectivity index (χ3v) is 5.75. The fourth-order valence-corrected chi connectivity index (χ4v) is 4.11. The number of benzene rings is 3. The lowest BCUT2D eigenvalue weighted by Gasteiger charge is -2.24. The highest BCUT2D eigenvalue weighted by Crippen LogP contribution is 2.30. The Morgan fingerprint density at radius 3 is 2.28 bits per heavy atom. The van der Waals surface area contributed by atoms with Crippen LogP contribution in [0.3, 0.4) is 0 Å². The number of carbonyl (C=O) groups is 1. The summed E-state index contributed by atoms with van der Waals surface area (Å²) in [5.74, 6) is -2.31. The zero-order valence-corrected chi connectivity index (χ0v) is 17.9. The molecule has 0 aromatic heterocycles. The summed E-state index contributed by atoms with van der Waals surface area (Å²) in [4.78, 5) is 12.6. The van der Waals surface area contributed by atoms with E-state index in [1.54, 1.807) is 48.5 Å². The van der Waals surface area contributed by atoms with Crippen molar-refractivity contribution in [1.82, 2.24) is 0 Å². The zero-order valence-electron chi connectivity index (χ0n) is 17.0. The van der Waals surface area contributed by atoms with Crippen molar-refractivity contribution < 1.29 is 26.7 Å². The number of hydrogen-bond donors (Lipinski definition) is 1. The highest BCUT2D eigenvalue weighted by molar-refractivity contribution is 7.95. The van der Waals surface area contributed by atoms with E-state index in [1.165, 1.54) is 19.3 Å². The first-order chi connectivity index (χ1) is 15.3. The fourth-order valence-electron chi connectivity index (χ4n) is 2.91. The summed E-state index contributed by atoms with van der Waals surface area (Å²) in [6, 6.07) is 17.6. The lowest BCUT2D eigenvalue weighted by Crippen LogP contribution is -2.37. The van der Waals surface area contributed by atoms with Crippen LogP contribution in [0.5, 0.6) is 5.75 Å². The largest absolute Gasteiger partial charge is 0.495 e. The molecule has 0 heterocycles. The number of nitrogens with zero attached hydrogens (tertiary/aromatic N) is 1. The summed E-state index contributed by atoms with van der Waals surface area (Å²) in [5.41, 5.74) is 0.647. The molecule has 166 valence electrons. The van der Waals surface area contributed by atoms with Crippen LogP contribution in [0, 0.1) is 11.6 Å². The van der Waals surface area contributed by atoms with Crippen molar-refractivity contribution >= 4 is 33.4 Å². The zero-order chi connectivity index (χ0) is 23.1. The summed E-state index contributed by atoms with van der Waals surface area (Å²) in [7, 11) is -2.77. The Bertz CT molecular complexity index is 1210. The number of carbonyl (C=O) groups excluding carboxylic acids is 1. The van der Waals surface area contributed by atoms with Crippen LogP contribution < -0.4 is 14.4 Å². The predicted molar refractivity (Wildman–Crippen MR) is 120 cm³/mol. The van der Waals surface area contributed by atoms with Crippen LogP contribution >= 0.6 is 0 Å². The summed E-state index contributed by atoms with van der Waals surface area (Å²) >= 11 is 0. The average Bonchev–Trinajstić information content (AvgIpc) is 2.76. The lowest BCUT2D eigenvalue weighted by molar-refractivity contribution is -0.114. The summed E-state index contributed by atoms with van der Waals surface area (Å²) in [6.45, 7) is -0.653. The molecule has 32 heavy (non-hydrogen) atoms. The van der Waals surface area contributed by atoms with E-state index < -0.39 is 34.1 Å². The van der Waals surface area contributed by atoms with Crippen LogP contribution in [0.15, 0.2) is 78.2 Å². The van der Waals surface area contributed by atoms with Gasteiger partial charge in [0.05, 0.1) is 18.2 Å². The highest BCUT2D eigenvalue weighted by Gasteiger charge is 2.26. The molecule has 0 unspecified atom stereocenters. The molecule has 0 aliphatic heterocycles. The molecule has 1 amide bonds. The first-order valence-corrected chi connectivity index (χ1v) is 10.9. The van der Waals surface area contributed by atoms with E-state index in [0.29, 0.717) is 11.6 Å². The SMILES string of the molecule is COc1ccccc1N(CC(=O)Nc1cc(F)cc(F)c1)S(=O)(=O)C=Cc1ccccc1. The summed E-state index contributed by atoms with van der Waals surface area (Å²) in [6.07, 6.45) is 1.40. The molecule has 3 aromatic rings. The monoisotopic (exact) mass is 458 g/mol. The van der Waals surface area contributed by atoms with E-state index in [1.807, 2.05) is 0 Å². The van der Waals surface area contributed by atoms with Gasteiger partial charge in [0.25, 0.3) is 10.0 Å². The normalized spacial score (nSPS) is 11.3. The number of rotatable bonds is 8. The van der Waals surface area contributed by atoms with Gasteiger partial charge in [-0.05, 0) is 35.9 Å². The quantitative estimate of drug-likeness (QED) is 0.542. The van der Waals surface area contributed by atoms with E-state index in [4.69, 9.17) is 4.74 Å². The Hall–Kier alpha value is -3.72. The number of methoxy groups -OCH3 is 1.